The lowest BCUT2D eigenvalue weighted by molar-refractivity contribution is 0.0600. The highest BCUT2D eigenvalue weighted by molar-refractivity contribution is 7.94. The minimum Gasteiger partial charge on any atom is -0.465 e. The Balaban J connectivity index is 2.33. The van der Waals surface area contributed by atoms with Crippen molar-refractivity contribution in [2.45, 2.75) is 4.90 Å². The van der Waals surface area contributed by atoms with Crippen LogP contribution >= 0.6 is 23.1 Å². The second-order valence-electron chi connectivity index (χ2n) is 3.72. The lowest BCUT2D eigenvalue weighted by Gasteiger charge is -2.14. The van der Waals surface area contributed by atoms with Gasteiger partial charge in [0.05, 0.1) is 23.3 Å². The van der Waals surface area contributed by atoms with Crippen molar-refractivity contribution in [1.82, 2.24) is 0 Å². The van der Waals surface area contributed by atoms with Crippen LogP contribution in [0.25, 0.3) is 0 Å². The number of carbonyl (C=O) groups is 1. The number of thiophene rings is 1. The molecule has 0 radical (unpaired) electrons. The van der Waals surface area contributed by atoms with Crippen LogP contribution < -0.4 is 3.82 Å². The van der Waals surface area contributed by atoms with E-state index in [0.29, 0.717) is 9.51 Å². The van der Waals surface area contributed by atoms with Gasteiger partial charge in [-0.25, -0.2) is 4.79 Å². The summed E-state index contributed by atoms with van der Waals surface area (Å²) in [4.78, 5) is 11.3. The third-order valence-corrected chi connectivity index (χ3v) is 5.41. The van der Waals surface area contributed by atoms with Gasteiger partial charge in [-0.1, -0.05) is 0 Å². The van der Waals surface area contributed by atoms with E-state index in [9.17, 15) is 13.2 Å². The molecule has 106 valence electrons. The van der Waals surface area contributed by atoms with Crippen LogP contribution in [0.3, 0.4) is 0 Å². The lowest BCUT2D eigenvalue weighted by atomic mass is 10.2. The summed E-state index contributed by atoms with van der Waals surface area (Å²) in [5, 5.41) is 3.34. The van der Waals surface area contributed by atoms with Crippen molar-refractivity contribution < 1.29 is 17.9 Å². The molecule has 0 unspecified atom stereocenters. The number of esters is 1. The number of ether oxygens (including phenoxy) is 1. The van der Waals surface area contributed by atoms with Crippen LogP contribution in [0.4, 0.5) is 5.69 Å². The molecule has 0 spiro atoms. The molecule has 5 nitrogen and oxygen atoms in total. The molecule has 0 saturated heterocycles. The van der Waals surface area contributed by atoms with Crippen molar-refractivity contribution in [3.63, 3.8) is 0 Å². The van der Waals surface area contributed by atoms with Gasteiger partial charge in [-0.15, -0.1) is 0 Å². The quantitative estimate of drug-likeness (QED) is 0.638. The number of rotatable bonds is 4. The Hall–Kier alpha value is -1.57. The number of hydrogen-bond acceptors (Lipinski definition) is 5. The van der Waals surface area contributed by atoms with Crippen LogP contribution in [0.5, 0.6) is 0 Å². The molecule has 1 aromatic carbocycles. The van der Waals surface area contributed by atoms with Crippen molar-refractivity contribution in [2.75, 3.05) is 10.9 Å². The fraction of sp³-hybridized carbons (Fsp3) is 0.0833. The maximum absolute atomic E-state index is 12.3. The topological polar surface area (TPSA) is 63.7 Å². The summed E-state index contributed by atoms with van der Waals surface area (Å²) in [6.07, 6.45) is 0. The van der Waals surface area contributed by atoms with Crippen molar-refractivity contribution in [3.8, 4) is 0 Å². The third kappa shape index (κ3) is 2.79. The van der Waals surface area contributed by atoms with Gasteiger partial charge in [0, 0.05) is 17.2 Å². The highest BCUT2D eigenvalue weighted by Crippen LogP contribution is 2.27. The second kappa shape index (κ2) is 5.82. The summed E-state index contributed by atoms with van der Waals surface area (Å²) in [6.45, 7) is 0. The fourth-order valence-corrected chi connectivity index (χ4v) is 3.61. The molecule has 8 heteroatoms. The van der Waals surface area contributed by atoms with Gasteiger partial charge in [-0.3, -0.25) is 0 Å². The maximum Gasteiger partial charge on any atom is 0.337 e. The van der Waals surface area contributed by atoms with Crippen molar-refractivity contribution in [3.05, 3.63) is 46.7 Å². The van der Waals surface area contributed by atoms with E-state index in [-0.39, 0.29) is 10.5 Å². The molecule has 20 heavy (non-hydrogen) atoms. The summed E-state index contributed by atoms with van der Waals surface area (Å²) < 4.78 is 29.7. The zero-order valence-electron chi connectivity index (χ0n) is 10.3. The van der Waals surface area contributed by atoms with Crippen LogP contribution in [0.2, 0.25) is 0 Å². The fourth-order valence-electron chi connectivity index (χ4n) is 1.47. The van der Waals surface area contributed by atoms with Gasteiger partial charge in [0.25, 0.3) is 10.0 Å². The van der Waals surface area contributed by atoms with E-state index in [2.05, 4.69) is 4.74 Å². The largest absolute Gasteiger partial charge is 0.465 e. The second-order valence-corrected chi connectivity index (χ2v) is 6.82. The molecule has 2 rings (SSSR count). The highest BCUT2D eigenvalue weighted by atomic mass is 35.5. The van der Waals surface area contributed by atoms with E-state index >= 15 is 0 Å². The summed E-state index contributed by atoms with van der Waals surface area (Å²) >= 11 is 7.20. The van der Waals surface area contributed by atoms with E-state index in [1.807, 2.05) is 0 Å². The maximum atomic E-state index is 12.3. The standard InChI is InChI=1S/C12H10ClNO4S2/c1-18-12(15)9-2-4-11(5-3-9)20(16,17)14(13)10-6-7-19-8-10/h2-8H,1H3. The predicted octanol–water partition coefficient (Wildman–Crippen LogP) is 2.88. The molecule has 0 N–H and O–H groups in total. The molecular weight excluding hydrogens is 322 g/mol. The molecule has 0 amide bonds. The molecule has 0 aliphatic heterocycles. The van der Waals surface area contributed by atoms with E-state index in [0.717, 1.165) is 0 Å². The number of methoxy groups -OCH3 is 1. The minimum absolute atomic E-state index is 0.00801. The van der Waals surface area contributed by atoms with E-state index in [1.54, 1.807) is 16.8 Å². The first-order valence-electron chi connectivity index (χ1n) is 5.38. The van der Waals surface area contributed by atoms with Crippen LogP contribution in [0, 0.1) is 0 Å². The number of nitrogens with zero attached hydrogens (tertiary/aromatic N) is 1. The molecule has 1 heterocycles. The Bertz CT molecular complexity index is 696. The smallest absolute Gasteiger partial charge is 0.337 e. The molecule has 2 aromatic rings. The molecule has 0 bridgehead atoms. The summed E-state index contributed by atoms with van der Waals surface area (Å²) in [5.74, 6) is -0.533. The zero-order valence-corrected chi connectivity index (χ0v) is 12.7. The number of benzene rings is 1. The lowest BCUT2D eigenvalue weighted by Crippen LogP contribution is -2.20. The van der Waals surface area contributed by atoms with Crippen LogP contribution in [-0.2, 0) is 14.8 Å². The van der Waals surface area contributed by atoms with Gasteiger partial charge in [0.15, 0.2) is 0 Å². The molecule has 1 aromatic heterocycles. The van der Waals surface area contributed by atoms with E-state index in [4.69, 9.17) is 11.8 Å². The first-order valence-corrected chi connectivity index (χ1v) is 8.10. The average molecular weight is 332 g/mol. The van der Waals surface area contributed by atoms with Gasteiger partial charge in [0.1, 0.15) is 0 Å². The zero-order chi connectivity index (χ0) is 14.8. The number of hydrogen-bond donors (Lipinski definition) is 0. The Morgan fingerprint density at radius 1 is 1.25 bits per heavy atom. The van der Waals surface area contributed by atoms with Gasteiger partial charge in [-0.2, -0.15) is 23.6 Å². The number of carbonyl (C=O) groups excluding carboxylic acids is 1. The van der Waals surface area contributed by atoms with Gasteiger partial charge in [-0.05, 0) is 35.7 Å². The number of halogens is 1. The molecule has 0 aliphatic rings. The van der Waals surface area contributed by atoms with Crippen molar-refractivity contribution in [2.24, 2.45) is 0 Å². The first kappa shape index (κ1) is 14.8. The first-order chi connectivity index (χ1) is 9.46. The molecule has 0 atom stereocenters. The average Bonchev–Trinajstić information content (AvgIpc) is 2.99. The summed E-state index contributed by atoms with van der Waals surface area (Å²) in [6, 6.07) is 6.96. The number of anilines is 1. The molecule has 0 aliphatic carbocycles. The Morgan fingerprint density at radius 2 is 1.90 bits per heavy atom. The van der Waals surface area contributed by atoms with Crippen LogP contribution in [0.1, 0.15) is 10.4 Å². The summed E-state index contributed by atoms with van der Waals surface area (Å²) in [5.41, 5.74) is 0.636. The van der Waals surface area contributed by atoms with E-state index < -0.39 is 16.0 Å². The minimum atomic E-state index is -3.86. The van der Waals surface area contributed by atoms with Crippen LogP contribution in [-0.4, -0.2) is 21.5 Å². The van der Waals surface area contributed by atoms with Crippen LogP contribution in [0.15, 0.2) is 46.0 Å². The van der Waals surface area contributed by atoms with Gasteiger partial charge in [0.2, 0.25) is 0 Å². The SMILES string of the molecule is COC(=O)c1ccc(S(=O)(=O)N(Cl)c2ccsc2)cc1. The van der Waals surface area contributed by atoms with Crippen molar-refractivity contribution in [1.29, 1.82) is 0 Å². The molecule has 0 saturated carbocycles. The van der Waals surface area contributed by atoms with Gasteiger partial charge < -0.3 is 4.74 Å². The Morgan fingerprint density at radius 3 is 2.40 bits per heavy atom. The molecule has 0 fully saturated rings. The Kier molecular flexibility index (Phi) is 4.32. The summed E-state index contributed by atoms with van der Waals surface area (Å²) in [7, 11) is -2.60. The van der Waals surface area contributed by atoms with E-state index in [1.165, 1.54) is 42.7 Å². The van der Waals surface area contributed by atoms with Gasteiger partial charge >= 0.3 is 5.97 Å². The van der Waals surface area contributed by atoms with Crippen molar-refractivity contribution >= 4 is 44.8 Å². The predicted molar refractivity (Wildman–Crippen MR) is 77.6 cm³/mol. The highest BCUT2D eigenvalue weighted by Gasteiger charge is 2.24. The monoisotopic (exact) mass is 331 g/mol. The number of sulfonamides is 1. The normalized spacial score (nSPS) is 11.1. The Labute approximate surface area is 125 Å². The third-order valence-electron chi connectivity index (χ3n) is 2.49. The molecular formula is C12H10ClNO4S2.